The van der Waals surface area contributed by atoms with Crippen LogP contribution in [0.5, 0.6) is 0 Å². The Morgan fingerprint density at radius 2 is 1.79 bits per heavy atom. The molecule has 29 heavy (non-hydrogen) atoms. The molecule has 3 aromatic rings. The van der Waals surface area contributed by atoms with Gasteiger partial charge in [0, 0.05) is 36.9 Å². The Morgan fingerprint density at radius 3 is 2.52 bits per heavy atom. The highest BCUT2D eigenvalue weighted by atomic mass is 32.1. The van der Waals surface area contributed by atoms with Gasteiger partial charge in [-0.15, -0.1) is 11.3 Å². The summed E-state index contributed by atoms with van der Waals surface area (Å²) in [6, 6.07) is 12.7. The van der Waals surface area contributed by atoms with Crippen molar-refractivity contribution in [3.05, 3.63) is 47.1 Å². The molecule has 2 aromatic heterocycles. The second kappa shape index (κ2) is 8.37. The summed E-state index contributed by atoms with van der Waals surface area (Å²) in [5.41, 5.74) is 0. The fraction of sp³-hybridized carbons (Fsp3) is 0.409. The maximum absolute atomic E-state index is 12.7. The highest BCUT2D eigenvalue weighted by Gasteiger charge is 2.24. The Kier molecular flexibility index (Phi) is 5.67. The number of carbonyl (C=O) groups excluding carboxylic acids is 1. The molecule has 0 radical (unpaired) electrons. The summed E-state index contributed by atoms with van der Waals surface area (Å²) in [7, 11) is 3.96. The molecule has 1 saturated carbocycles. The van der Waals surface area contributed by atoms with Gasteiger partial charge in [-0.25, -0.2) is 9.97 Å². The van der Waals surface area contributed by atoms with E-state index in [1.54, 1.807) is 11.3 Å². The van der Waals surface area contributed by atoms with Crippen LogP contribution in [0.15, 0.2) is 36.4 Å². The van der Waals surface area contributed by atoms with E-state index in [0.29, 0.717) is 6.04 Å². The van der Waals surface area contributed by atoms with Crippen molar-refractivity contribution >= 4 is 39.0 Å². The summed E-state index contributed by atoms with van der Waals surface area (Å²) in [6.45, 7) is 1.92. The number of thiophene rings is 1. The molecule has 1 fully saturated rings. The van der Waals surface area contributed by atoms with Crippen LogP contribution in [0, 0.1) is 6.92 Å². The van der Waals surface area contributed by atoms with Crippen molar-refractivity contribution in [1.29, 1.82) is 0 Å². The summed E-state index contributed by atoms with van der Waals surface area (Å²) < 4.78 is 1.16. The van der Waals surface area contributed by atoms with Crippen molar-refractivity contribution in [2.75, 3.05) is 24.3 Å². The van der Waals surface area contributed by atoms with Crippen LogP contribution in [-0.2, 0) is 0 Å². The summed E-state index contributed by atoms with van der Waals surface area (Å²) in [6.07, 6.45) is 3.97. The molecule has 0 aliphatic heterocycles. The lowest BCUT2D eigenvalue weighted by Crippen LogP contribution is -2.40. The molecule has 2 heterocycles. The SMILES string of the molecule is Cc1nc(NC2CCC(NC(=O)c3cc4ccccc4s3)CC2)cc(N(C)C)n1. The van der Waals surface area contributed by atoms with E-state index < -0.39 is 0 Å². The first-order valence-corrected chi connectivity index (χ1v) is 10.9. The summed E-state index contributed by atoms with van der Waals surface area (Å²) in [4.78, 5) is 24.4. The van der Waals surface area contributed by atoms with Gasteiger partial charge in [0.25, 0.3) is 5.91 Å². The molecule has 6 nitrogen and oxygen atoms in total. The average Bonchev–Trinajstić information content (AvgIpc) is 3.13. The van der Waals surface area contributed by atoms with Gasteiger partial charge in [0.2, 0.25) is 0 Å². The van der Waals surface area contributed by atoms with Crippen molar-refractivity contribution in [3.8, 4) is 0 Å². The number of fused-ring (bicyclic) bond motifs is 1. The van der Waals surface area contributed by atoms with E-state index in [9.17, 15) is 4.79 Å². The molecule has 0 atom stereocenters. The minimum atomic E-state index is 0.0460. The van der Waals surface area contributed by atoms with E-state index in [4.69, 9.17) is 0 Å². The van der Waals surface area contributed by atoms with Crippen molar-refractivity contribution in [1.82, 2.24) is 15.3 Å². The van der Waals surface area contributed by atoms with E-state index in [1.807, 2.05) is 50.2 Å². The van der Waals surface area contributed by atoms with Crippen molar-refractivity contribution in [2.24, 2.45) is 0 Å². The highest BCUT2D eigenvalue weighted by Crippen LogP contribution is 2.27. The molecule has 1 aliphatic carbocycles. The van der Waals surface area contributed by atoms with E-state index >= 15 is 0 Å². The zero-order valence-corrected chi connectivity index (χ0v) is 17.9. The normalized spacial score (nSPS) is 19.1. The number of aryl methyl sites for hydroxylation is 1. The lowest BCUT2D eigenvalue weighted by molar-refractivity contribution is 0.0931. The van der Waals surface area contributed by atoms with E-state index in [2.05, 4.69) is 32.7 Å². The van der Waals surface area contributed by atoms with E-state index in [1.165, 1.54) is 0 Å². The number of aromatic nitrogens is 2. The van der Waals surface area contributed by atoms with Gasteiger partial charge in [-0.3, -0.25) is 4.79 Å². The third-order valence-electron chi connectivity index (χ3n) is 5.35. The number of hydrogen-bond donors (Lipinski definition) is 2. The Morgan fingerprint density at radius 1 is 1.07 bits per heavy atom. The van der Waals surface area contributed by atoms with E-state index in [0.717, 1.165) is 58.1 Å². The molecule has 7 heteroatoms. The smallest absolute Gasteiger partial charge is 0.261 e. The zero-order chi connectivity index (χ0) is 20.4. The average molecular weight is 410 g/mol. The van der Waals surface area contributed by atoms with Gasteiger partial charge in [0.1, 0.15) is 17.5 Å². The molecule has 1 aliphatic rings. The molecule has 0 spiro atoms. The lowest BCUT2D eigenvalue weighted by Gasteiger charge is -2.30. The quantitative estimate of drug-likeness (QED) is 0.660. The van der Waals surface area contributed by atoms with Crippen molar-refractivity contribution in [2.45, 2.75) is 44.7 Å². The number of nitrogens with zero attached hydrogens (tertiary/aromatic N) is 3. The second-order valence-electron chi connectivity index (χ2n) is 7.87. The standard InChI is InChI=1S/C22H27N5OS/c1-14-23-20(13-21(24-14)27(2)3)25-16-8-10-17(11-9-16)26-22(28)19-12-15-6-4-5-7-18(15)29-19/h4-7,12-13,16-17H,8-11H2,1-3H3,(H,26,28)(H,23,24,25). The number of carbonyl (C=O) groups is 1. The number of amides is 1. The maximum Gasteiger partial charge on any atom is 0.261 e. The summed E-state index contributed by atoms with van der Waals surface area (Å²) in [5.74, 6) is 2.59. The monoisotopic (exact) mass is 409 g/mol. The first-order chi connectivity index (χ1) is 14.0. The largest absolute Gasteiger partial charge is 0.367 e. The molecule has 0 bridgehead atoms. The highest BCUT2D eigenvalue weighted by molar-refractivity contribution is 7.20. The molecule has 2 N–H and O–H groups in total. The van der Waals surface area contributed by atoms with Crippen LogP contribution in [0.2, 0.25) is 0 Å². The Bertz CT molecular complexity index is 974. The number of nitrogens with one attached hydrogen (secondary N) is 2. The van der Waals surface area contributed by atoms with Crippen LogP contribution >= 0.6 is 11.3 Å². The molecule has 1 amide bonds. The Labute approximate surface area is 175 Å². The third kappa shape index (κ3) is 4.67. The number of hydrogen-bond acceptors (Lipinski definition) is 6. The Hall–Kier alpha value is -2.67. The summed E-state index contributed by atoms with van der Waals surface area (Å²) in [5, 5.41) is 7.91. The Balaban J connectivity index is 1.32. The molecular weight excluding hydrogens is 382 g/mol. The fourth-order valence-corrected chi connectivity index (χ4v) is 4.76. The molecule has 152 valence electrons. The molecule has 0 unspecified atom stereocenters. The fourth-order valence-electron chi connectivity index (χ4n) is 3.80. The molecule has 1 aromatic carbocycles. The molecule has 0 saturated heterocycles. The first-order valence-electron chi connectivity index (χ1n) is 10.1. The predicted octanol–water partition coefficient (Wildman–Crippen LogP) is 4.22. The second-order valence-corrected chi connectivity index (χ2v) is 8.95. The van der Waals surface area contributed by atoms with Gasteiger partial charge >= 0.3 is 0 Å². The van der Waals surface area contributed by atoms with Gasteiger partial charge in [-0.1, -0.05) is 18.2 Å². The van der Waals surface area contributed by atoms with Crippen LogP contribution in [0.4, 0.5) is 11.6 Å². The van der Waals surface area contributed by atoms with E-state index in [-0.39, 0.29) is 11.9 Å². The van der Waals surface area contributed by atoms with Crippen LogP contribution < -0.4 is 15.5 Å². The van der Waals surface area contributed by atoms with Gasteiger partial charge in [0.15, 0.2) is 0 Å². The first kappa shape index (κ1) is 19.6. The number of anilines is 2. The number of benzene rings is 1. The molecule has 4 rings (SSSR count). The van der Waals surface area contributed by atoms with Gasteiger partial charge in [0.05, 0.1) is 4.88 Å². The minimum absolute atomic E-state index is 0.0460. The van der Waals surface area contributed by atoms with Crippen LogP contribution in [0.3, 0.4) is 0 Å². The topological polar surface area (TPSA) is 70.2 Å². The van der Waals surface area contributed by atoms with Crippen molar-refractivity contribution < 1.29 is 4.79 Å². The number of rotatable bonds is 5. The predicted molar refractivity (Wildman–Crippen MR) is 120 cm³/mol. The summed E-state index contributed by atoms with van der Waals surface area (Å²) >= 11 is 1.56. The van der Waals surface area contributed by atoms with Crippen LogP contribution in [-0.4, -0.2) is 42.1 Å². The van der Waals surface area contributed by atoms with Crippen LogP contribution in [0.25, 0.3) is 10.1 Å². The van der Waals surface area contributed by atoms with Crippen molar-refractivity contribution in [3.63, 3.8) is 0 Å². The minimum Gasteiger partial charge on any atom is -0.367 e. The van der Waals surface area contributed by atoms with Gasteiger partial charge in [-0.2, -0.15) is 0 Å². The van der Waals surface area contributed by atoms with Gasteiger partial charge < -0.3 is 15.5 Å². The third-order valence-corrected chi connectivity index (χ3v) is 6.46. The molecular formula is C22H27N5OS. The lowest BCUT2D eigenvalue weighted by atomic mass is 9.91. The van der Waals surface area contributed by atoms with Crippen LogP contribution in [0.1, 0.15) is 41.2 Å². The zero-order valence-electron chi connectivity index (χ0n) is 17.1. The maximum atomic E-state index is 12.7. The van der Waals surface area contributed by atoms with Gasteiger partial charge in [-0.05, 0) is 50.1 Å².